The number of benzene rings is 2. The van der Waals surface area contributed by atoms with E-state index in [1.807, 2.05) is 12.1 Å². The number of hydrogen-bond donors (Lipinski definition) is 1. The number of halogens is 2. The van der Waals surface area contributed by atoms with Crippen molar-refractivity contribution >= 4 is 23.2 Å². The maximum Gasteiger partial charge on any atom is 0.0426 e. The van der Waals surface area contributed by atoms with Crippen molar-refractivity contribution in [1.29, 1.82) is 0 Å². The molecule has 2 N–H and O–H groups in total. The summed E-state index contributed by atoms with van der Waals surface area (Å²) in [6.07, 6.45) is 0. The summed E-state index contributed by atoms with van der Waals surface area (Å²) in [6.45, 7) is 4.71. The minimum absolute atomic E-state index is 0.564. The van der Waals surface area contributed by atoms with Crippen LogP contribution < -0.4 is 5.73 Å². The predicted molar refractivity (Wildman–Crippen MR) is 79.3 cm³/mol. The molecule has 3 heteroatoms. The Morgan fingerprint density at radius 3 is 1.72 bits per heavy atom. The van der Waals surface area contributed by atoms with Gasteiger partial charge in [-0.3, -0.25) is 0 Å². The van der Waals surface area contributed by atoms with E-state index >= 15 is 0 Å². The molecule has 0 saturated carbocycles. The summed E-state index contributed by atoms with van der Waals surface area (Å²) in [5.41, 5.74) is 11.5. The highest BCUT2D eigenvalue weighted by atomic mass is 35.5. The summed E-state index contributed by atoms with van der Waals surface area (Å²) in [4.78, 5) is 0. The number of rotatable bonds is 2. The van der Waals surface area contributed by atoms with Crippen LogP contribution in [-0.4, -0.2) is 0 Å². The van der Waals surface area contributed by atoms with Crippen LogP contribution in [0.25, 0.3) is 11.1 Å². The monoisotopic (exact) mass is 279 g/mol. The molecule has 0 radical (unpaired) electrons. The van der Waals surface area contributed by atoms with Gasteiger partial charge in [0.1, 0.15) is 0 Å². The van der Waals surface area contributed by atoms with Crippen molar-refractivity contribution in [2.24, 2.45) is 5.73 Å². The van der Waals surface area contributed by atoms with Crippen LogP contribution in [0, 0.1) is 13.8 Å². The minimum Gasteiger partial charge on any atom is -0.326 e. The maximum absolute atomic E-state index is 6.03. The molecule has 0 aromatic heterocycles. The Morgan fingerprint density at radius 1 is 0.833 bits per heavy atom. The average Bonchev–Trinajstić information content (AvgIpc) is 2.27. The lowest BCUT2D eigenvalue weighted by atomic mass is 9.96. The quantitative estimate of drug-likeness (QED) is 0.845. The van der Waals surface area contributed by atoms with Crippen molar-refractivity contribution in [3.8, 4) is 11.1 Å². The van der Waals surface area contributed by atoms with Crippen molar-refractivity contribution < 1.29 is 0 Å². The van der Waals surface area contributed by atoms with E-state index in [2.05, 4.69) is 26.0 Å². The molecule has 0 aliphatic rings. The van der Waals surface area contributed by atoms with Crippen LogP contribution >= 0.6 is 23.2 Å². The van der Waals surface area contributed by atoms with E-state index in [1.165, 1.54) is 16.7 Å². The van der Waals surface area contributed by atoms with E-state index < -0.39 is 0 Å². The molecule has 0 heterocycles. The van der Waals surface area contributed by atoms with Crippen LogP contribution in [0.15, 0.2) is 30.3 Å². The third-order valence-corrected chi connectivity index (χ3v) is 3.53. The first-order valence-electron chi connectivity index (χ1n) is 5.78. The first-order chi connectivity index (χ1) is 8.51. The Labute approximate surface area is 118 Å². The molecule has 0 aliphatic carbocycles. The Bertz CT molecular complexity index is 548. The molecule has 94 valence electrons. The SMILES string of the molecule is Cc1cc(-c2cc(Cl)cc(Cl)c2)cc(C)c1CN. The van der Waals surface area contributed by atoms with Crippen molar-refractivity contribution in [1.82, 2.24) is 0 Å². The Morgan fingerprint density at radius 2 is 1.28 bits per heavy atom. The molecule has 2 aromatic rings. The first kappa shape index (κ1) is 13.4. The van der Waals surface area contributed by atoms with E-state index in [1.54, 1.807) is 6.07 Å². The first-order valence-corrected chi connectivity index (χ1v) is 6.53. The number of hydrogen-bond acceptors (Lipinski definition) is 1. The molecule has 2 rings (SSSR count). The molecular formula is C15H15Cl2N. The summed E-state index contributed by atoms with van der Waals surface area (Å²) in [5, 5.41) is 1.30. The lowest BCUT2D eigenvalue weighted by molar-refractivity contribution is 1.03. The molecule has 0 spiro atoms. The van der Waals surface area contributed by atoms with Gasteiger partial charge in [-0.25, -0.2) is 0 Å². The van der Waals surface area contributed by atoms with Crippen molar-refractivity contribution in [3.05, 3.63) is 57.1 Å². The Hall–Kier alpha value is -1.02. The summed E-state index contributed by atoms with van der Waals surface area (Å²) in [6, 6.07) is 9.82. The Balaban J connectivity index is 2.58. The van der Waals surface area contributed by atoms with Gasteiger partial charge in [-0.2, -0.15) is 0 Å². The minimum atomic E-state index is 0.564. The smallest absolute Gasteiger partial charge is 0.0426 e. The standard InChI is InChI=1S/C15H15Cl2N/c1-9-3-11(4-10(2)15(9)8-18)12-5-13(16)7-14(17)6-12/h3-7H,8,18H2,1-2H3. The molecule has 0 amide bonds. The van der Waals surface area contributed by atoms with Gasteiger partial charge in [-0.05, 0) is 59.9 Å². The van der Waals surface area contributed by atoms with Crippen molar-refractivity contribution in [3.63, 3.8) is 0 Å². The maximum atomic E-state index is 6.03. The number of aryl methyl sites for hydroxylation is 2. The van der Waals surface area contributed by atoms with E-state index in [9.17, 15) is 0 Å². The third kappa shape index (κ3) is 2.69. The highest BCUT2D eigenvalue weighted by Crippen LogP contribution is 2.29. The fourth-order valence-electron chi connectivity index (χ4n) is 2.20. The van der Waals surface area contributed by atoms with E-state index in [-0.39, 0.29) is 0 Å². The molecular weight excluding hydrogens is 265 g/mol. The zero-order chi connectivity index (χ0) is 13.3. The summed E-state index contributed by atoms with van der Waals surface area (Å²) in [5.74, 6) is 0. The van der Waals surface area contributed by atoms with Crippen LogP contribution in [0.5, 0.6) is 0 Å². The second-order valence-corrected chi connectivity index (χ2v) is 5.32. The Kier molecular flexibility index (Phi) is 3.96. The molecule has 0 atom stereocenters. The van der Waals surface area contributed by atoms with Crippen LogP contribution in [0.2, 0.25) is 10.0 Å². The zero-order valence-electron chi connectivity index (χ0n) is 10.4. The van der Waals surface area contributed by atoms with Gasteiger partial charge in [-0.15, -0.1) is 0 Å². The summed E-state index contributed by atoms with van der Waals surface area (Å²) in [7, 11) is 0. The van der Waals surface area contributed by atoms with Crippen LogP contribution in [0.1, 0.15) is 16.7 Å². The van der Waals surface area contributed by atoms with Gasteiger partial charge in [0.25, 0.3) is 0 Å². The molecule has 18 heavy (non-hydrogen) atoms. The van der Waals surface area contributed by atoms with Gasteiger partial charge >= 0.3 is 0 Å². The molecule has 0 bridgehead atoms. The molecule has 2 aromatic carbocycles. The van der Waals surface area contributed by atoms with E-state index in [0.717, 1.165) is 11.1 Å². The summed E-state index contributed by atoms with van der Waals surface area (Å²) < 4.78 is 0. The molecule has 1 nitrogen and oxygen atoms in total. The number of nitrogens with two attached hydrogens (primary N) is 1. The van der Waals surface area contributed by atoms with E-state index in [4.69, 9.17) is 28.9 Å². The molecule has 0 unspecified atom stereocenters. The van der Waals surface area contributed by atoms with Crippen LogP contribution in [-0.2, 0) is 6.54 Å². The van der Waals surface area contributed by atoms with E-state index in [0.29, 0.717) is 16.6 Å². The third-order valence-electron chi connectivity index (χ3n) is 3.10. The highest BCUT2D eigenvalue weighted by molar-refractivity contribution is 6.35. The molecule has 0 saturated heterocycles. The lowest BCUT2D eigenvalue weighted by Gasteiger charge is -2.11. The predicted octanol–water partition coefficient (Wildman–Crippen LogP) is 4.74. The normalized spacial score (nSPS) is 10.7. The fraction of sp³-hybridized carbons (Fsp3) is 0.200. The molecule has 0 aliphatic heterocycles. The van der Waals surface area contributed by atoms with Crippen molar-refractivity contribution in [2.75, 3.05) is 0 Å². The lowest BCUT2D eigenvalue weighted by Crippen LogP contribution is -2.02. The highest BCUT2D eigenvalue weighted by Gasteiger charge is 2.07. The van der Waals surface area contributed by atoms with Gasteiger partial charge < -0.3 is 5.73 Å². The second-order valence-electron chi connectivity index (χ2n) is 4.45. The molecule has 0 fully saturated rings. The second kappa shape index (κ2) is 5.31. The van der Waals surface area contributed by atoms with Gasteiger partial charge in [0.2, 0.25) is 0 Å². The zero-order valence-corrected chi connectivity index (χ0v) is 11.9. The summed E-state index contributed by atoms with van der Waals surface area (Å²) >= 11 is 12.1. The average molecular weight is 280 g/mol. The van der Waals surface area contributed by atoms with Crippen molar-refractivity contribution in [2.45, 2.75) is 20.4 Å². The fourth-order valence-corrected chi connectivity index (χ4v) is 2.73. The van der Waals surface area contributed by atoms with Gasteiger partial charge in [0, 0.05) is 16.6 Å². The topological polar surface area (TPSA) is 26.0 Å². The van der Waals surface area contributed by atoms with Crippen LogP contribution in [0.3, 0.4) is 0 Å². The van der Waals surface area contributed by atoms with Gasteiger partial charge in [0.15, 0.2) is 0 Å². The van der Waals surface area contributed by atoms with Gasteiger partial charge in [0.05, 0.1) is 0 Å². The van der Waals surface area contributed by atoms with Gasteiger partial charge in [-0.1, -0.05) is 35.3 Å². The van der Waals surface area contributed by atoms with Crippen LogP contribution in [0.4, 0.5) is 0 Å². The largest absolute Gasteiger partial charge is 0.326 e.